The number of aromatic amines is 1. The topological polar surface area (TPSA) is 62.0 Å². The van der Waals surface area contributed by atoms with Gasteiger partial charge in [0.2, 0.25) is 5.91 Å². The number of nitrogens with one attached hydrogen (secondary N) is 2. The fourth-order valence-electron chi connectivity index (χ4n) is 3.20. The summed E-state index contributed by atoms with van der Waals surface area (Å²) in [5, 5.41) is 3.82. The number of halogens is 1. The summed E-state index contributed by atoms with van der Waals surface area (Å²) in [5.74, 6) is -0.386. The lowest BCUT2D eigenvalue weighted by Gasteiger charge is -2.22. The summed E-state index contributed by atoms with van der Waals surface area (Å²) in [6, 6.07) is 6.32. The molecule has 4 nitrogen and oxygen atoms in total. The number of fused-ring (bicyclic) bond motifs is 1. The van der Waals surface area contributed by atoms with Gasteiger partial charge in [0, 0.05) is 18.0 Å². The Morgan fingerprint density at radius 1 is 1.22 bits per heavy atom. The standard InChI is InChI=1S/C18H21FN2O2/c19-14-8-6-12-10-13(18(23)21-16(12)11-14)7-9-17(22)20-15-4-2-1-3-5-15/h6,8,10-11,15H,1-5,7,9H2,(H,20,22)(H,21,23). The van der Waals surface area contributed by atoms with Gasteiger partial charge in [0.05, 0.1) is 5.52 Å². The molecule has 1 heterocycles. The molecule has 0 bridgehead atoms. The van der Waals surface area contributed by atoms with E-state index in [9.17, 15) is 14.0 Å². The van der Waals surface area contributed by atoms with Crippen LogP contribution in [0.4, 0.5) is 4.39 Å². The van der Waals surface area contributed by atoms with Crippen molar-refractivity contribution in [1.29, 1.82) is 0 Å². The van der Waals surface area contributed by atoms with Crippen molar-refractivity contribution in [2.75, 3.05) is 0 Å². The molecule has 0 saturated heterocycles. The summed E-state index contributed by atoms with van der Waals surface area (Å²) >= 11 is 0. The van der Waals surface area contributed by atoms with Crippen LogP contribution >= 0.6 is 0 Å². The van der Waals surface area contributed by atoms with Crippen LogP contribution in [-0.4, -0.2) is 16.9 Å². The van der Waals surface area contributed by atoms with Crippen molar-refractivity contribution in [2.24, 2.45) is 0 Å². The summed E-state index contributed by atoms with van der Waals surface area (Å²) in [4.78, 5) is 26.7. The fraction of sp³-hybridized carbons (Fsp3) is 0.444. The molecule has 2 N–H and O–H groups in total. The van der Waals surface area contributed by atoms with E-state index < -0.39 is 0 Å². The van der Waals surface area contributed by atoms with E-state index >= 15 is 0 Å². The van der Waals surface area contributed by atoms with Crippen molar-refractivity contribution >= 4 is 16.8 Å². The molecule has 0 aliphatic heterocycles. The zero-order chi connectivity index (χ0) is 16.2. The predicted octanol–water partition coefficient (Wildman–Crippen LogP) is 3.05. The van der Waals surface area contributed by atoms with Gasteiger partial charge in [-0.15, -0.1) is 0 Å². The van der Waals surface area contributed by atoms with E-state index in [1.165, 1.54) is 31.4 Å². The molecule has 1 aliphatic rings. The molecule has 122 valence electrons. The molecule has 23 heavy (non-hydrogen) atoms. The average Bonchev–Trinajstić information content (AvgIpc) is 2.54. The highest BCUT2D eigenvalue weighted by atomic mass is 19.1. The van der Waals surface area contributed by atoms with Crippen molar-refractivity contribution in [2.45, 2.75) is 51.0 Å². The van der Waals surface area contributed by atoms with Crippen LogP contribution in [0.3, 0.4) is 0 Å². The number of benzene rings is 1. The fourth-order valence-corrected chi connectivity index (χ4v) is 3.20. The Morgan fingerprint density at radius 2 is 2.00 bits per heavy atom. The van der Waals surface area contributed by atoms with Gasteiger partial charge in [0.25, 0.3) is 5.56 Å². The summed E-state index contributed by atoms with van der Waals surface area (Å²) in [6.45, 7) is 0. The molecule has 0 radical (unpaired) electrons. The average molecular weight is 316 g/mol. The van der Waals surface area contributed by atoms with Crippen LogP contribution in [0.5, 0.6) is 0 Å². The van der Waals surface area contributed by atoms with Crippen LogP contribution in [0.1, 0.15) is 44.1 Å². The van der Waals surface area contributed by atoms with E-state index in [1.807, 2.05) is 0 Å². The number of pyridine rings is 1. The number of carbonyl (C=O) groups is 1. The zero-order valence-electron chi connectivity index (χ0n) is 13.0. The molecular formula is C18H21FN2O2. The highest BCUT2D eigenvalue weighted by Crippen LogP contribution is 2.17. The van der Waals surface area contributed by atoms with E-state index in [-0.39, 0.29) is 23.3 Å². The number of rotatable bonds is 4. The SMILES string of the molecule is O=C(CCc1cc2ccc(F)cc2[nH]c1=O)NC1CCCCC1. The lowest BCUT2D eigenvalue weighted by Crippen LogP contribution is -2.36. The van der Waals surface area contributed by atoms with Crippen LogP contribution in [0.15, 0.2) is 29.1 Å². The van der Waals surface area contributed by atoms with Gasteiger partial charge in [-0.2, -0.15) is 0 Å². The molecule has 1 saturated carbocycles. The molecule has 0 unspecified atom stereocenters. The Morgan fingerprint density at radius 3 is 2.78 bits per heavy atom. The first-order valence-electron chi connectivity index (χ1n) is 8.22. The van der Waals surface area contributed by atoms with E-state index in [0.717, 1.165) is 18.2 Å². The van der Waals surface area contributed by atoms with Crippen molar-refractivity contribution in [3.8, 4) is 0 Å². The number of aryl methyl sites for hydroxylation is 1. The van der Waals surface area contributed by atoms with Gasteiger partial charge in [-0.3, -0.25) is 9.59 Å². The van der Waals surface area contributed by atoms with E-state index in [1.54, 1.807) is 12.1 Å². The molecule has 5 heteroatoms. The van der Waals surface area contributed by atoms with Crippen molar-refractivity contribution < 1.29 is 9.18 Å². The first kappa shape index (κ1) is 15.7. The lowest BCUT2D eigenvalue weighted by atomic mass is 9.95. The normalized spacial score (nSPS) is 15.7. The maximum Gasteiger partial charge on any atom is 0.251 e. The lowest BCUT2D eigenvalue weighted by molar-refractivity contribution is -0.121. The molecule has 1 fully saturated rings. The van der Waals surface area contributed by atoms with E-state index in [4.69, 9.17) is 0 Å². The summed E-state index contributed by atoms with van der Waals surface area (Å²) in [5.41, 5.74) is 0.780. The minimum Gasteiger partial charge on any atom is -0.353 e. The van der Waals surface area contributed by atoms with E-state index in [0.29, 0.717) is 23.9 Å². The third-order valence-electron chi connectivity index (χ3n) is 4.48. The van der Waals surface area contributed by atoms with Gasteiger partial charge in [-0.05, 0) is 48.9 Å². The maximum atomic E-state index is 13.2. The monoisotopic (exact) mass is 316 g/mol. The Bertz CT molecular complexity index is 763. The number of carbonyl (C=O) groups excluding carboxylic acids is 1. The second-order valence-electron chi connectivity index (χ2n) is 6.26. The Hall–Kier alpha value is -2.17. The number of hydrogen-bond donors (Lipinski definition) is 2. The second-order valence-corrected chi connectivity index (χ2v) is 6.26. The molecule has 1 aromatic carbocycles. The highest BCUT2D eigenvalue weighted by Gasteiger charge is 2.15. The summed E-state index contributed by atoms with van der Waals surface area (Å²) in [7, 11) is 0. The van der Waals surface area contributed by atoms with E-state index in [2.05, 4.69) is 10.3 Å². The quantitative estimate of drug-likeness (QED) is 0.910. The predicted molar refractivity (Wildman–Crippen MR) is 87.9 cm³/mol. The smallest absolute Gasteiger partial charge is 0.251 e. The Kier molecular flexibility index (Phi) is 4.74. The van der Waals surface area contributed by atoms with Gasteiger partial charge in [-0.25, -0.2) is 4.39 Å². The molecule has 0 spiro atoms. The summed E-state index contributed by atoms with van der Waals surface area (Å²) < 4.78 is 13.2. The molecule has 1 amide bonds. The van der Waals surface area contributed by atoms with Crippen LogP contribution < -0.4 is 10.9 Å². The number of H-pyrrole nitrogens is 1. The largest absolute Gasteiger partial charge is 0.353 e. The Balaban J connectivity index is 1.64. The first-order chi connectivity index (χ1) is 11.1. The van der Waals surface area contributed by atoms with Crippen molar-refractivity contribution in [3.05, 3.63) is 46.0 Å². The minimum atomic E-state index is -0.382. The number of hydrogen-bond acceptors (Lipinski definition) is 2. The maximum absolute atomic E-state index is 13.2. The Labute approximate surface area is 134 Å². The third-order valence-corrected chi connectivity index (χ3v) is 4.48. The highest BCUT2D eigenvalue weighted by molar-refractivity contribution is 5.79. The molecule has 3 rings (SSSR count). The van der Waals surface area contributed by atoms with Crippen LogP contribution in [0.25, 0.3) is 10.9 Å². The van der Waals surface area contributed by atoms with Crippen LogP contribution in [0.2, 0.25) is 0 Å². The van der Waals surface area contributed by atoms with Crippen molar-refractivity contribution in [3.63, 3.8) is 0 Å². The van der Waals surface area contributed by atoms with Gasteiger partial charge in [0.1, 0.15) is 5.82 Å². The molecule has 1 aliphatic carbocycles. The second kappa shape index (κ2) is 6.94. The van der Waals surface area contributed by atoms with Gasteiger partial charge in [0.15, 0.2) is 0 Å². The van der Waals surface area contributed by atoms with Gasteiger partial charge >= 0.3 is 0 Å². The number of amides is 1. The van der Waals surface area contributed by atoms with Crippen LogP contribution in [0, 0.1) is 5.82 Å². The van der Waals surface area contributed by atoms with Crippen molar-refractivity contribution in [1.82, 2.24) is 10.3 Å². The van der Waals surface area contributed by atoms with Crippen LogP contribution in [-0.2, 0) is 11.2 Å². The first-order valence-corrected chi connectivity index (χ1v) is 8.22. The zero-order valence-corrected chi connectivity index (χ0v) is 13.0. The molecule has 2 aromatic rings. The molecule has 0 atom stereocenters. The third kappa shape index (κ3) is 3.97. The molecule has 1 aromatic heterocycles. The minimum absolute atomic E-state index is 0.00416. The summed E-state index contributed by atoms with van der Waals surface area (Å²) in [6.07, 6.45) is 6.38. The van der Waals surface area contributed by atoms with Gasteiger partial charge < -0.3 is 10.3 Å². The van der Waals surface area contributed by atoms with Gasteiger partial charge in [-0.1, -0.05) is 19.3 Å². The molecular weight excluding hydrogens is 295 g/mol. The number of aromatic nitrogens is 1.